The Bertz CT molecular complexity index is 85.5. The van der Waals surface area contributed by atoms with Crippen molar-refractivity contribution in [3.05, 3.63) is 0 Å². The predicted octanol–water partition coefficient (Wildman–Crippen LogP) is 0.513. The maximum absolute atomic E-state index is 5.07. The third-order valence-corrected chi connectivity index (χ3v) is 1.15. The van der Waals surface area contributed by atoms with E-state index in [0.717, 1.165) is 17.6 Å². The number of epoxide rings is 1. The van der Waals surface area contributed by atoms with Crippen molar-refractivity contribution in [1.29, 1.82) is 0 Å². The number of halogens is 1. The molecular weight excluding hydrogens is 138 g/mol. The van der Waals surface area contributed by atoms with Crippen LogP contribution in [0.2, 0.25) is 0 Å². The molecule has 1 aliphatic rings. The molecule has 1 fully saturated rings. The number of rotatable bonds is 2. The molecule has 2 nitrogen and oxygen atoms in total. The quantitative estimate of drug-likeness (QED) is 0.415. The lowest BCUT2D eigenvalue weighted by atomic mass is 10.4. The van der Waals surface area contributed by atoms with Gasteiger partial charge in [0.1, 0.15) is 12.6 Å². The molecule has 9 heavy (non-hydrogen) atoms. The van der Waals surface area contributed by atoms with Gasteiger partial charge in [-0.3, -0.25) is 0 Å². The highest BCUT2D eigenvalue weighted by atomic mass is 35.5. The third kappa shape index (κ3) is 4.70. The molecule has 3 heteroatoms. The van der Waals surface area contributed by atoms with Crippen molar-refractivity contribution in [2.75, 3.05) is 34.3 Å². The van der Waals surface area contributed by atoms with Gasteiger partial charge in [-0.1, -0.05) is 0 Å². The molecule has 0 aromatic carbocycles. The highest BCUT2D eigenvalue weighted by molar-refractivity contribution is 5.85. The minimum absolute atomic E-state index is 0. The van der Waals surface area contributed by atoms with Gasteiger partial charge < -0.3 is 9.22 Å². The van der Waals surface area contributed by atoms with Crippen molar-refractivity contribution < 1.29 is 9.22 Å². The van der Waals surface area contributed by atoms with Gasteiger partial charge in [0.15, 0.2) is 0 Å². The van der Waals surface area contributed by atoms with Gasteiger partial charge in [-0.25, -0.2) is 0 Å². The van der Waals surface area contributed by atoms with Crippen LogP contribution in [-0.2, 0) is 4.74 Å². The van der Waals surface area contributed by atoms with Gasteiger partial charge in [-0.05, 0) is 0 Å². The highest BCUT2D eigenvalue weighted by Crippen LogP contribution is 2.11. The van der Waals surface area contributed by atoms with E-state index in [1.54, 1.807) is 0 Å². The van der Waals surface area contributed by atoms with Crippen LogP contribution in [0.1, 0.15) is 0 Å². The molecule has 0 aliphatic carbocycles. The van der Waals surface area contributed by atoms with Crippen LogP contribution in [-0.4, -0.2) is 44.9 Å². The van der Waals surface area contributed by atoms with Crippen molar-refractivity contribution in [2.24, 2.45) is 0 Å². The average molecular weight is 153 g/mol. The lowest BCUT2D eigenvalue weighted by molar-refractivity contribution is -0.870. The number of ether oxygens (including phenoxy) is 1. The van der Waals surface area contributed by atoms with Crippen LogP contribution in [0.4, 0.5) is 0 Å². The minimum Gasteiger partial charge on any atom is -0.367 e. The second-order valence-electron chi connectivity index (χ2n) is 3.43. The first-order valence-electron chi connectivity index (χ1n) is 3.00. The number of hydrogen-bond acceptors (Lipinski definition) is 1. The summed E-state index contributed by atoms with van der Waals surface area (Å²) in [6.07, 6.45) is 0.565. The zero-order chi connectivity index (χ0) is 6.20. The van der Waals surface area contributed by atoms with E-state index in [4.69, 9.17) is 4.74 Å². The second kappa shape index (κ2) is 2.86. The number of likely N-dealkylation sites (N-methyl/N-ethyl adjacent to an activating group) is 1. The molecule has 1 heterocycles. The maximum Gasteiger partial charge on any atom is 0.130 e. The molecule has 0 radical (unpaired) electrons. The predicted molar refractivity (Wildman–Crippen MR) is 39.9 cm³/mol. The summed E-state index contributed by atoms with van der Waals surface area (Å²) in [6.45, 7) is 2.13. The molecule has 0 amide bonds. The summed E-state index contributed by atoms with van der Waals surface area (Å²) in [5.74, 6) is 0. The molecule has 1 unspecified atom stereocenters. The van der Waals surface area contributed by atoms with Crippen molar-refractivity contribution in [1.82, 2.24) is 0 Å². The van der Waals surface area contributed by atoms with Gasteiger partial charge in [-0.2, -0.15) is 0 Å². The molecule has 0 N–H and O–H groups in total. The minimum atomic E-state index is 0. The summed E-state index contributed by atoms with van der Waals surface area (Å²) < 4.78 is 6.09. The van der Waals surface area contributed by atoms with Gasteiger partial charge >= 0.3 is 0 Å². The van der Waals surface area contributed by atoms with Gasteiger partial charge in [0.2, 0.25) is 0 Å². The van der Waals surface area contributed by atoms with E-state index < -0.39 is 0 Å². The fourth-order valence-electron chi connectivity index (χ4n) is 0.784. The molecule has 0 aromatic heterocycles. The average Bonchev–Trinajstić information content (AvgIpc) is 2.12. The van der Waals surface area contributed by atoms with Gasteiger partial charge in [0.05, 0.1) is 27.7 Å². The lowest BCUT2D eigenvalue weighted by Gasteiger charge is -2.22. The summed E-state index contributed by atoms with van der Waals surface area (Å²) in [4.78, 5) is 0. The van der Waals surface area contributed by atoms with E-state index in [1.807, 2.05) is 0 Å². The lowest BCUT2D eigenvalue weighted by Crippen LogP contribution is -2.37. The first kappa shape index (κ1) is 9.21. The topological polar surface area (TPSA) is 12.5 Å². The van der Waals surface area contributed by atoms with Crippen LogP contribution in [0.3, 0.4) is 0 Å². The zero-order valence-corrected chi connectivity index (χ0v) is 7.07. The normalized spacial score (nSPS) is 25.0. The Morgan fingerprint density at radius 2 is 1.89 bits per heavy atom. The molecule has 0 aromatic rings. The van der Waals surface area contributed by atoms with E-state index in [2.05, 4.69) is 21.1 Å². The number of hydrogen-bond donors (Lipinski definition) is 0. The second-order valence-corrected chi connectivity index (χ2v) is 3.43. The van der Waals surface area contributed by atoms with Crippen molar-refractivity contribution in [3.63, 3.8) is 0 Å². The van der Waals surface area contributed by atoms with Crippen LogP contribution >= 0.6 is 12.4 Å². The van der Waals surface area contributed by atoms with Crippen molar-refractivity contribution in [3.8, 4) is 0 Å². The van der Waals surface area contributed by atoms with Crippen LogP contribution in [0.25, 0.3) is 0 Å². The largest absolute Gasteiger partial charge is 0.367 e. The highest BCUT2D eigenvalue weighted by Gasteiger charge is 2.28. The molecule has 1 aliphatic heterocycles. The Morgan fingerprint density at radius 1 is 1.44 bits per heavy atom. The van der Waals surface area contributed by atoms with Gasteiger partial charge in [-0.15, -0.1) is 12.4 Å². The fraction of sp³-hybridized carbons (Fsp3) is 1.00. The molecule has 1 rings (SSSR count). The van der Waals surface area contributed by atoms with E-state index in [-0.39, 0.29) is 12.4 Å². The van der Waals surface area contributed by atoms with E-state index in [1.165, 1.54) is 0 Å². The van der Waals surface area contributed by atoms with Gasteiger partial charge in [0, 0.05) is 0 Å². The first-order chi connectivity index (χ1) is 3.58. The standard InChI is InChI=1S/C6H14NO.ClH/c1-7(2,3)4-6-5-8-6;/h6H,4-5H2,1-3H3;1H/q+1;. The summed E-state index contributed by atoms with van der Waals surface area (Å²) >= 11 is 0. The Labute approximate surface area is 62.8 Å². The molecule has 0 bridgehead atoms. The summed E-state index contributed by atoms with van der Waals surface area (Å²) in [6, 6.07) is 0. The Kier molecular flexibility index (Phi) is 2.93. The first-order valence-corrected chi connectivity index (χ1v) is 3.00. The summed E-state index contributed by atoms with van der Waals surface area (Å²) in [7, 11) is 6.55. The molecule has 0 saturated carbocycles. The van der Waals surface area contributed by atoms with E-state index >= 15 is 0 Å². The van der Waals surface area contributed by atoms with E-state index in [9.17, 15) is 0 Å². The van der Waals surface area contributed by atoms with Crippen LogP contribution in [0, 0.1) is 0 Å². The van der Waals surface area contributed by atoms with Crippen molar-refractivity contribution in [2.45, 2.75) is 6.10 Å². The number of nitrogens with zero attached hydrogens (tertiary/aromatic N) is 1. The van der Waals surface area contributed by atoms with Crippen LogP contribution in [0.15, 0.2) is 0 Å². The van der Waals surface area contributed by atoms with Crippen molar-refractivity contribution >= 4 is 12.4 Å². The fourth-order valence-corrected chi connectivity index (χ4v) is 0.784. The Hall–Kier alpha value is 0.210. The third-order valence-electron chi connectivity index (χ3n) is 1.15. The van der Waals surface area contributed by atoms with Crippen LogP contribution < -0.4 is 0 Å². The molecule has 0 spiro atoms. The van der Waals surface area contributed by atoms with Gasteiger partial charge in [0.25, 0.3) is 0 Å². The molecule has 1 saturated heterocycles. The Morgan fingerprint density at radius 3 is 2.00 bits per heavy atom. The summed E-state index contributed by atoms with van der Waals surface area (Å²) in [5, 5.41) is 0. The van der Waals surface area contributed by atoms with Crippen LogP contribution in [0.5, 0.6) is 0 Å². The molecular formula is C6H15ClNO+. The Balaban J connectivity index is 0.000000640. The monoisotopic (exact) mass is 152 g/mol. The van der Waals surface area contributed by atoms with E-state index in [0.29, 0.717) is 6.10 Å². The number of quaternary nitrogens is 1. The smallest absolute Gasteiger partial charge is 0.130 e. The molecule has 56 valence electrons. The zero-order valence-electron chi connectivity index (χ0n) is 6.26. The SMILES string of the molecule is C[N+](C)(C)CC1CO1.Cl. The summed E-state index contributed by atoms with van der Waals surface area (Å²) in [5.41, 5.74) is 0. The maximum atomic E-state index is 5.07. The molecule has 1 atom stereocenters.